The fourth-order valence-electron chi connectivity index (χ4n) is 4.49. The molecule has 0 radical (unpaired) electrons. The first-order valence-electron chi connectivity index (χ1n) is 13.4. The molecule has 9 heteroatoms. The number of hydrogen-bond acceptors (Lipinski definition) is 5. The molecule has 0 bridgehead atoms. The van der Waals surface area contributed by atoms with Crippen LogP contribution in [0.4, 0.5) is 10.5 Å². The van der Waals surface area contributed by atoms with Gasteiger partial charge in [0.15, 0.2) is 0 Å². The number of carbonyl (C=O) groups excluding carboxylic acids is 3. The molecule has 1 fully saturated rings. The summed E-state index contributed by atoms with van der Waals surface area (Å²) >= 11 is 6.41. The highest BCUT2D eigenvalue weighted by Crippen LogP contribution is 2.40. The molecule has 8 nitrogen and oxygen atoms in total. The molecule has 2 atom stereocenters. The van der Waals surface area contributed by atoms with Crippen molar-refractivity contribution in [1.29, 1.82) is 0 Å². The maximum Gasteiger partial charge on any atom is 0.408 e. The van der Waals surface area contributed by atoms with Gasteiger partial charge in [0.2, 0.25) is 5.91 Å². The van der Waals surface area contributed by atoms with E-state index in [2.05, 4.69) is 10.6 Å². The maximum atomic E-state index is 14.2. The molecule has 3 rings (SSSR count). The highest BCUT2D eigenvalue weighted by molar-refractivity contribution is 6.34. The summed E-state index contributed by atoms with van der Waals surface area (Å²) in [7, 11) is 0. The van der Waals surface area contributed by atoms with Crippen molar-refractivity contribution >= 4 is 35.2 Å². The van der Waals surface area contributed by atoms with Crippen molar-refractivity contribution in [2.24, 2.45) is 5.92 Å². The van der Waals surface area contributed by atoms with E-state index in [1.165, 1.54) is 4.90 Å². The van der Waals surface area contributed by atoms with Crippen molar-refractivity contribution in [1.82, 2.24) is 10.2 Å². The quantitative estimate of drug-likeness (QED) is 0.336. The van der Waals surface area contributed by atoms with Gasteiger partial charge < -0.3 is 25.4 Å². The second-order valence-electron chi connectivity index (χ2n) is 11.6. The number of ether oxygens (including phenoxy) is 1. The molecule has 3 amide bonds. The number of para-hydroxylation sites is 2. The molecule has 0 heterocycles. The molecule has 39 heavy (non-hydrogen) atoms. The molecular formula is C30H40ClN3O5. The van der Waals surface area contributed by atoms with Gasteiger partial charge in [0.05, 0.1) is 10.7 Å². The van der Waals surface area contributed by atoms with Crippen LogP contribution in [0.15, 0.2) is 36.4 Å². The normalized spacial score (nSPS) is 14.9. The summed E-state index contributed by atoms with van der Waals surface area (Å²) in [5.41, 5.74) is 1.34. The number of nitrogens with one attached hydrogen (secondary N) is 2. The number of amides is 3. The van der Waals surface area contributed by atoms with Gasteiger partial charge >= 0.3 is 6.09 Å². The minimum absolute atomic E-state index is 0.0625. The lowest BCUT2D eigenvalue weighted by atomic mass is 9.97. The van der Waals surface area contributed by atoms with Crippen LogP contribution in [0.25, 0.3) is 0 Å². The number of nitrogens with zero attached hydrogens (tertiary/aromatic N) is 1. The number of benzene rings is 2. The third-order valence-electron chi connectivity index (χ3n) is 6.45. The molecule has 0 aliphatic heterocycles. The van der Waals surface area contributed by atoms with Crippen LogP contribution in [0.5, 0.6) is 5.75 Å². The Hall–Kier alpha value is -3.26. The van der Waals surface area contributed by atoms with Gasteiger partial charge in [-0.25, -0.2) is 4.79 Å². The van der Waals surface area contributed by atoms with E-state index < -0.39 is 35.6 Å². The molecule has 2 unspecified atom stereocenters. The van der Waals surface area contributed by atoms with E-state index in [-0.39, 0.29) is 17.7 Å². The number of anilines is 1. The molecule has 2 aromatic carbocycles. The topological polar surface area (TPSA) is 108 Å². The number of hydrogen-bond donors (Lipinski definition) is 3. The SMILES string of the molecule is Cc1cccc(C(C(=O)Nc2c(C)cccc2Cl)N(C(=O)C(CC(C)C)NC(=O)OC(C)(C)C)C2CC2)c1O. The molecule has 1 saturated carbocycles. The third kappa shape index (κ3) is 7.88. The standard InChI is InChI=1S/C30H40ClN3O5/c1-17(2)16-23(32-29(38)39-30(5,6)7)28(37)34(20-14-15-20)25(21-12-8-11-19(4)26(21)35)27(36)33-24-18(3)10-9-13-22(24)31/h8-13,17,20,23,25,35H,14-16H2,1-7H3,(H,32,38)(H,33,36). The first-order valence-corrected chi connectivity index (χ1v) is 13.7. The van der Waals surface area contributed by atoms with Gasteiger partial charge in [-0.1, -0.05) is 55.8 Å². The Labute approximate surface area is 236 Å². The summed E-state index contributed by atoms with van der Waals surface area (Å²) in [6.45, 7) is 12.7. The van der Waals surface area contributed by atoms with Crippen LogP contribution in [0, 0.1) is 19.8 Å². The summed E-state index contributed by atoms with van der Waals surface area (Å²) < 4.78 is 5.43. The Morgan fingerprint density at radius 2 is 1.69 bits per heavy atom. The van der Waals surface area contributed by atoms with E-state index >= 15 is 0 Å². The van der Waals surface area contributed by atoms with Gasteiger partial charge in [-0.3, -0.25) is 9.59 Å². The average molecular weight is 558 g/mol. The highest BCUT2D eigenvalue weighted by atomic mass is 35.5. The number of carbonyl (C=O) groups is 3. The molecule has 0 saturated heterocycles. The van der Waals surface area contributed by atoms with E-state index in [4.69, 9.17) is 16.3 Å². The molecule has 0 aromatic heterocycles. The first-order chi connectivity index (χ1) is 18.2. The number of rotatable bonds is 9. The largest absolute Gasteiger partial charge is 0.507 e. The predicted molar refractivity (Wildman–Crippen MR) is 153 cm³/mol. The zero-order valence-electron chi connectivity index (χ0n) is 23.8. The van der Waals surface area contributed by atoms with Crippen LogP contribution in [0.3, 0.4) is 0 Å². The number of aromatic hydroxyl groups is 1. The Morgan fingerprint density at radius 3 is 2.26 bits per heavy atom. The summed E-state index contributed by atoms with van der Waals surface area (Å²) in [4.78, 5) is 42.5. The van der Waals surface area contributed by atoms with Gasteiger partial charge in [-0.2, -0.15) is 0 Å². The van der Waals surface area contributed by atoms with Crippen molar-refractivity contribution in [3.8, 4) is 5.75 Å². The van der Waals surface area contributed by atoms with Crippen LogP contribution < -0.4 is 10.6 Å². The van der Waals surface area contributed by atoms with Crippen molar-refractivity contribution in [2.75, 3.05) is 5.32 Å². The maximum absolute atomic E-state index is 14.2. The number of aryl methyl sites for hydroxylation is 2. The van der Waals surface area contributed by atoms with E-state index in [1.54, 1.807) is 58.0 Å². The summed E-state index contributed by atoms with van der Waals surface area (Å²) in [5.74, 6) is -0.908. The summed E-state index contributed by atoms with van der Waals surface area (Å²) in [6, 6.07) is 8.11. The zero-order valence-corrected chi connectivity index (χ0v) is 24.6. The van der Waals surface area contributed by atoms with Crippen molar-refractivity contribution in [3.05, 3.63) is 58.1 Å². The molecular weight excluding hydrogens is 518 g/mol. The number of phenols is 1. The highest BCUT2D eigenvalue weighted by Gasteiger charge is 2.45. The Bertz CT molecular complexity index is 1200. The van der Waals surface area contributed by atoms with Gasteiger partial charge in [0.1, 0.15) is 23.4 Å². The van der Waals surface area contributed by atoms with Crippen LogP contribution in [0.2, 0.25) is 5.02 Å². The van der Waals surface area contributed by atoms with Crippen LogP contribution in [-0.4, -0.2) is 45.6 Å². The summed E-state index contributed by atoms with van der Waals surface area (Å²) in [6.07, 6.45) is 1.05. The van der Waals surface area contributed by atoms with E-state index in [1.807, 2.05) is 26.8 Å². The van der Waals surface area contributed by atoms with E-state index in [9.17, 15) is 19.5 Å². The number of phenolic OH excluding ortho intramolecular Hbond substituents is 1. The molecule has 2 aromatic rings. The van der Waals surface area contributed by atoms with E-state index in [0.29, 0.717) is 41.1 Å². The smallest absolute Gasteiger partial charge is 0.408 e. The predicted octanol–water partition coefficient (Wildman–Crippen LogP) is 6.27. The number of halogens is 1. The Morgan fingerprint density at radius 1 is 1.08 bits per heavy atom. The Balaban J connectivity index is 2.07. The lowest BCUT2D eigenvalue weighted by Gasteiger charge is -2.35. The van der Waals surface area contributed by atoms with Gasteiger partial charge in [-0.15, -0.1) is 0 Å². The molecule has 1 aliphatic rings. The van der Waals surface area contributed by atoms with Crippen molar-refractivity contribution in [2.45, 2.75) is 91.5 Å². The minimum Gasteiger partial charge on any atom is -0.507 e. The van der Waals surface area contributed by atoms with Gasteiger partial charge in [0, 0.05) is 11.6 Å². The van der Waals surface area contributed by atoms with E-state index in [0.717, 1.165) is 5.56 Å². The monoisotopic (exact) mass is 557 g/mol. The fraction of sp³-hybridized carbons (Fsp3) is 0.500. The lowest BCUT2D eigenvalue weighted by Crippen LogP contribution is -2.53. The van der Waals surface area contributed by atoms with Crippen LogP contribution in [0.1, 0.15) is 76.6 Å². The molecule has 212 valence electrons. The van der Waals surface area contributed by atoms with Gasteiger partial charge in [0.25, 0.3) is 5.91 Å². The minimum atomic E-state index is -1.16. The number of alkyl carbamates (subject to hydrolysis) is 1. The zero-order chi connectivity index (χ0) is 29.1. The van der Waals surface area contributed by atoms with Crippen molar-refractivity contribution < 1.29 is 24.2 Å². The summed E-state index contributed by atoms with van der Waals surface area (Å²) in [5, 5.41) is 17.1. The van der Waals surface area contributed by atoms with Crippen LogP contribution >= 0.6 is 11.6 Å². The molecule has 0 spiro atoms. The van der Waals surface area contributed by atoms with Crippen LogP contribution in [-0.2, 0) is 14.3 Å². The third-order valence-corrected chi connectivity index (χ3v) is 6.77. The van der Waals surface area contributed by atoms with Crippen molar-refractivity contribution in [3.63, 3.8) is 0 Å². The fourth-order valence-corrected chi connectivity index (χ4v) is 4.76. The molecule has 1 aliphatic carbocycles. The average Bonchev–Trinajstić information content (AvgIpc) is 3.64. The van der Waals surface area contributed by atoms with Gasteiger partial charge in [-0.05, 0) is 77.0 Å². The Kier molecular flexibility index (Phi) is 9.54. The lowest BCUT2D eigenvalue weighted by molar-refractivity contribution is -0.141. The molecule has 3 N–H and O–H groups in total. The second kappa shape index (κ2) is 12.3. The second-order valence-corrected chi connectivity index (χ2v) is 12.0. The first kappa shape index (κ1) is 30.3.